The van der Waals surface area contributed by atoms with Crippen LogP contribution in [0.3, 0.4) is 0 Å². The quantitative estimate of drug-likeness (QED) is 0.632. The molecule has 0 atom stereocenters. The van der Waals surface area contributed by atoms with Crippen LogP contribution in [0.5, 0.6) is 5.75 Å². The molecule has 0 bridgehead atoms. The summed E-state index contributed by atoms with van der Waals surface area (Å²) in [6.07, 6.45) is 9.84. The number of rotatable bonds is 8. The first kappa shape index (κ1) is 21.8. The van der Waals surface area contributed by atoms with Gasteiger partial charge in [-0.25, -0.2) is 0 Å². The van der Waals surface area contributed by atoms with Crippen molar-refractivity contribution in [3.05, 3.63) is 30.2 Å². The van der Waals surface area contributed by atoms with Crippen LogP contribution in [0, 0.1) is 5.92 Å². The smallest absolute Gasteiger partial charge is 0.241 e. The molecule has 1 saturated carbocycles. The Morgan fingerprint density at radius 3 is 2.55 bits per heavy atom. The molecule has 4 rings (SSSR count). The van der Waals surface area contributed by atoms with E-state index in [9.17, 15) is 4.79 Å². The molecule has 2 fully saturated rings. The van der Waals surface area contributed by atoms with Crippen LogP contribution < -0.4 is 4.74 Å². The predicted octanol–water partition coefficient (Wildman–Crippen LogP) is 4.14. The van der Waals surface area contributed by atoms with E-state index in [0.717, 1.165) is 49.8 Å². The lowest BCUT2D eigenvalue weighted by molar-refractivity contribution is -0.133. The molecule has 0 spiro atoms. The van der Waals surface area contributed by atoms with E-state index in [1.54, 1.807) is 7.11 Å². The van der Waals surface area contributed by atoms with Gasteiger partial charge in [-0.05, 0) is 43.0 Å². The first-order chi connectivity index (χ1) is 15.2. The Morgan fingerprint density at radius 1 is 1.10 bits per heavy atom. The molecule has 1 amide bonds. The minimum Gasteiger partial charge on any atom is -0.497 e. The van der Waals surface area contributed by atoms with Gasteiger partial charge in [-0.1, -0.05) is 37.3 Å². The van der Waals surface area contributed by atoms with Crippen molar-refractivity contribution >= 4 is 5.91 Å². The first-order valence-corrected chi connectivity index (χ1v) is 11.7. The number of hydrogen-bond donors (Lipinski definition) is 0. The van der Waals surface area contributed by atoms with E-state index in [4.69, 9.17) is 9.26 Å². The fourth-order valence-electron chi connectivity index (χ4n) is 4.70. The lowest BCUT2D eigenvalue weighted by atomic mass is 9.86. The summed E-state index contributed by atoms with van der Waals surface area (Å²) in [5, 5.41) is 4.10. The average Bonchev–Trinajstić information content (AvgIpc) is 3.29. The van der Waals surface area contributed by atoms with Crippen LogP contribution >= 0.6 is 0 Å². The van der Waals surface area contributed by atoms with Crippen LogP contribution in [-0.2, 0) is 11.3 Å². The second-order valence-electron chi connectivity index (χ2n) is 8.79. The zero-order valence-electron chi connectivity index (χ0n) is 18.6. The van der Waals surface area contributed by atoms with Gasteiger partial charge >= 0.3 is 0 Å². The highest BCUT2D eigenvalue weighted by Gasteiger charge is 2.23. The van der Waals surface area contributed by atoms with Gasteiger partial charge in [0.05, 0.1) is 13.7 Å². The number of nitrogens with zero attached hydrogens (tertiary/aromatic N) is 4. The lowest BCUT2D eigenvalue weighted by Gasteiger charge is -2.34. The number of aromatic nitrogens is 2. The zero-order chi connectivity index (χ0) is 21.5. The largest absolute Gasteiger partial charge is 0.497 e. The third kappa shape index (κ3) is 6.06. The average molecular weight is 427 g/mol. The molecule has 0 N–H and O–H groups in total. The van der Waals surface area contributed by atoms with Gasteiger partial charge in [0.1, 0.15) is 5.75 Å². The number of amides is 1. The van der Waals surface area contributed by atoms with Crippen molar-refractivity contribution in [2.45, 2.75) is 57.9 Å². The monoisotopic (exact) mass is 426 g/mol. The van der Waals surface area contributed by atoms with Gasteiger partial charge in [0, 0.05) is 38.2 Å². The van der Waals surface area contributed by atoms with E-state index < -0.39 is 0 Å². The SMILES string of the molecule is COc1ccc(-c2noc(CN3CCN(C(=O)CCCC4CCCCC4)CC3)n2)cc1. The lowest BCUT2D eigenvalue weighted by Crippen LogP contribution is -2.48. The normalized spacial score (nSPS) is 18.3. The minimum atomic E-state index is 0.315. The summed E-state index contributed by atoms with van der Waals surface area (Å²) in [6.45, 7) is 3.86. The van der Waals surface area contributed by atoms with Crippen molar-refractivity contribution in [3.8, 4) is 17.1 Å². The van der Waals surface area contributed by atoms with Crippen LogP contribution in [-0.4, -0.2) is 59.1 Å². The molecule has 2 aromatic rings. The van der Waals surface area contributed by atoms with Gasteiger partial charge in [0.15, 0.2) is 0 Å². The Balaban J connectivity index is 1.18. The van der Waals surface area contributed by atoms with Gasteiger partial charge in [-0.3, -0.25) is 9.69 Å². The van der Waals surface area contributed by atoms with Crippen molar-refractivity contribution in [1.29, 1.82) is 0 Å². The second-order valence-corrected chi connectivity index (χ2v) is 8.79. The Labute approximate surface area is 184 Å². The number of benzene rings is 1. The number of carbonyl (C=O) groups excluding carboxylic acids is 1. The minimum absolute atomic E-state index is 0.315. The second kappa shape index (κ2) is 10.8. The van der Waals surface area contributed by atoms with Crippen LogP contribution in [0.1, 0.15) is 57.3 Å². The maximum Gasteiger partial charge on any atom is 0.241 e. The van der Waals surface area contributed by atoms with Gasteiger partial charge in [-0.2, -0.15) is 4.98 Å². The highest BCUT2D eigenvalue weighted by atomic mass is 16.5. The van der Waals surface area contributed by atoms with E-state index in [1.807, 2.05) is 29.2 Å². The van der Waals surface area contributed by atoms with Gasteiger partial charge in [-0.15, -0.1) is 0 Å². The molecular formula is C24H34N4O3. The van der Waals surface area contributed by atoms with E-state index in [1.165, 1.54) is 38.5 Å². The van der Waals surface area contributed by atoms with Crippen LogP contribution in [0.4, 0.5) is 0 Å². The molecule has 0 unspecified atom stereocenters. The molecule has 2 heterocycles. The molecule has 31 heavy (non-hydrogen) atoms. The number of carbonyl (C=O) groups is 1. The van der Waals surface area contributed by atoms with Crippen LogP contribution in [0.2, 0.25) is 0 Å². The van der Waals surface area contributed by atoms with Gasteiger partial charge in [0.25, 0.3) is 0 Å². The van der Waals surface area contributed by atoms with Crippen LogP contribution in [0.25, 0.3) is 11.4 Å². The van der Waals surface area contributed by atoms with Gasteiger partial charge in [0.2, 0.25) is 17.6 Å². The molecule has 2 aliphatic rings. The molecular weight excluding hydrogens is 392 g/mol. The topological polar surface area (TPSA) is 71.7 Å². The maximum absolute atomic E-state index is 12.6. The summed E-state index contributed by atoms with van der Waals surface area (Å²) in [4.78, 5) is 21.4. The summed E-state index contributed by atoms with van der Waals surface area (Å²) in [5.41, 5.74) is 0.902. The van der Waals surface area contributed by atoms with E-state index in [0.29, 0.717) is 30.6 Å². The first-order valence-electron chi connectivity index (χ1n) is 11.7. The summed E-state index contributed by atoms with van der Waals surface area (Å²) < 4.78 is 10.6. The summed E-state index contributed by atoms with van der Waals surface area (Å²) in [5.74, 6) is 3.17. The zero-order valence-corrected chi connectivity index (χ0v) is 18.6. The van der Waals surface area contributed by atoms with E-state index in [-0.39, 0.29) is 0 Å². The van der Waals surface area contributed by atoms with Gasteiger partial charge < -0.3 is 14.2 Å². The van der Waals surface area contributed by atoms with Crippen LogP contribution in [0.15, 0.2) is 28.8 Å². The van der Waals surface area contributed by atoms with Crippen molar-refractivity contribution in [1.82, 2.24) is 19.9 Å². The summed E-state index contributed by atoms with van der Waals surface area (Å²) in [7, 11) is 1.65. The Kier molecular flexibility index (Phi) is 7.57. The van der Waals surface area contributed by atoms with Crippen molar-refractivity contribution in [3.63, 3.8) is 0 Å². The van der Waals surface area contributed by atoms with Crippen molar-refractivity contribution in [2.24, 2.45) is 5.92 Å². The molecule has 1 aliphatic heterocycles. The number of methoxy groups -OCH3 is 1. The molecule has 0 radical (unpaired) electrons. The van der Waals surface area contributed by atoms with E-state index in [2.05, 4.69) is 15.0 Å². The Morgan fingerprint density at radius 2 is 1.84 bits per heavy atom. The maximum atomic E-state index is 12.6. The van der Waals surface area contributed by atoms with E-state index >= 15 is 0 Å². The Hall–Kier alpha value is -2.41. The standard InChI is InChI=1S/C24H34N4O3/c1-30-21-12-10-20(11-13-21)24-25-22(31-26-24)18-27-14-16-28(17-15-27)23(29)9-5-8-19-6-3-2-4-7-19/h10-13,19H,2-9,14-18H2,1H3. The fraction of sp³-hybridized carbons (Fsp3) is 0.625. The molecule has 1 aromatic carbocycles. The summed E-state index contributed by atoms with van der Waals surface area (Å²) in [6, 6.07) is 7.62. The number of piperazine rings is 1. The highest BCUT2D eigenvalue weighted by molar-refractivity contribution is 5.76. The Bertz CT molecular complexity index is 822. The fourth-order valence-corrected chi connectivity index (χ4v) is 4.70. The van der Waals surface area contributed by atoms with Crippen molar-refractivity contribution < 1.29 is 14.1 Å². The molecule has 1 aromatic heterocycles. The molecule has 1 aliphatic carbocycles. The molecule has 7 heteroatoms. The molecule has 168 valence electrons. The summed E-state index contributed by atoms with van der Waals surface area (Å²) >= 11 is 0. The number of ether oxygens (including phenoxy) is 1. The third-order valence-electron chi connectivity index (χ3n) is 6.63. The highest BCUT2D eigenvalue weighted by Crippen LogP contribution is 2.28. The predicted molar refractivity (Wildman–Crippen MR) is 119 cm³/mol. The molecule has 7 nitrogen and oxygen atoms in total. The molecule has 1 saturated heterocycles. The van der Waals surface area contributed by atoms with Crippen molar-refractivity contribution in [2.75, 3.05) is 33.3 Å². The number of hydrogen-bond acceptors (Lipinski definition) is 6. The third-order valence-corrected chi connectivity index (χ3v) is 6.63.